The first-order valence-corrected chi connectivity index (χ1v) is 6.35. The van der Waals surface area contributed by atoms with E-state index < -0.39 is 0 Å². The fourth-order valence-corrected chi connectivity index (χ4v) is 0.658. The molecule has 0 amide bonds. The van der Waals surface area contributed by atoms with Gasteiger partial charge in [0.1, 0.15) is 0 Å². The lowest BCUT2D eigenvalue weighted by atomic mass is 10.2. The van der Waals surface area contributed by atoms with Gasteiger partial charge < -0.3 is 10.2 Å². The zero-order valence-corrected chi connectivity index (χ0v) is 11.4. The van der Waals surface area contributed by atoms with E-state index in [-0.39, 0.29) is 6.10 Å². The topological polar surface area (TPSA) is 40.5 Å². The van der Waals surface area contributed by atoms with Gasteiger partial charge in [0.15, 0.2) is 0 Å². The fraction of sp³-hybridized carbons (Fsp3) is 1.00. The molecule has 0 rings (SSSR count). The van der Waals surface area contributed by atoms with Crippen LogP contribution >= 0.6 is 0 Å². The molecule has 0 bridgehead atoms. The smallest absolute Gasteiger partial charge is 0.0483 e. The molecule has 0 aromatic carbocycles. The molecule has 0 atom stereocenters. The Hall–Kier alpha value is -0.0800. The Morgan fingerprint density at radius 3 is 1.13 bits per heavy atom. The Bertz CT molecular complexity index is 64.2. The minimum atomic E-state index is -0.167. The van der Waals surface area contributed by atoms with Gasteiger partial charge in [-0.2, -0.15) is 0 Å². The monoisotopic (exact) mass is 220 g/mol. The van der Waals surface area contributed by atoms with E-state index in [1.54, 1.807) is 13.8 Å². The van der Waals surface area contributed by atoms with Gasteiger partial charge in [-0.1, -0.05) is 52.9 Å². The average molecular weight is 220 g/mol. The molecule has 2 nitrogen and oxygen atoms in total. The number of unbranched alkanes of at least 4 members (excludes halogenated alkanes) is 4. The van der Waals surface area contributed by atoms with E-state index in [2.05, 4.69) is 20.8 Å². The third-order valence-corrected chi connectivity index (χ3v) is 1.47. The van der Waals surface area contributed by atoms with E-state index in [1.807, 2.05) is 0 Å². The molecule has 0 aliphatic rings. The maximum absolute atomic E-state index is 8.07. The Balaban J connectivity index is -0.000000147. The molecule has 0 unspecified atom stereocenters. The summed E-state index contributed by atoms with van der Waals surface area (Å²) < 4.78 is 0. The highest BCUT2D eigenvalue weighted by Gasteiger charge is 1.75. The van der Waals surface area contributed by atoms with Crippen molar-refractivity contribution in [3.05, 3.63) is 0 Å². The molecule has 0 spiro atoms. The number of hydrogen-bond donors (Lipinski definition) is 2. The molecular formula is C13H32O2. The lowest BCUT2D eigenvalue weighted by molar-refractivity contribution is 0.216. The largest absolute Gasteiger partial charge is 0.396 e. The van der Waals surface area contributed by atoms with E-state index in [0.717, 1.165) is 12.8 Å². The molecule has 0 aliphatic heterocycles. The maximum atomic E-state index is 8.07. The zero-order valence-electron chi connectivity index (χ0n) is 11.4. The van der Waals surface area contributed by atoms with Crippen LogP contribution in [0.4, 0.5) is 0 Å². The fourth-order valence-electron chi connectivity index (χ4n) is 0.658. The van der Waals surface area contributed by atoms with Crippen LogP contribution < -0.4 is 0 Å². The molecule has 96 valence electrons. The average Bonchev–Trinajstić information content (AvgIpc) is 2.16. The minimum absolute atomic E-state index is 0.167. The summed E-state index contributed by atoms with van der Waals surface area (Å²) in [6.07, 6.45) is 7.41. The van der Waals surface area contributed by atoms with Gasteiger partial charge in [-0.05, 0) is 20.3 Å². The highest BCUT2D eigenvalue weighted by molar-refractivity contribution is 4.31. The first-order chi connectivity index (χ1) is 7.06. The first kappa shape index (κ1) is 20.3. The minimum Gasteiger partial charge on any atom is -0.396 e. The van der Waals surface area contributed by atoms with E-state index in [9.17, 15) is 0 Å². The van der Waals surface area contributed by atoms with Crippen LogP contribution in [0, 0.1) is 0 Å². The van der Waals surface area contributed by atoms with Crippen molar-refractivity contribution in [3.63, 3.8) is 0 Å². The lowest BCUT2D eigenvalue weighted by Crippen LogP contribution is -1.85. The molecule has 0 radical (unpaired) electrons. The normalized spacial score (nSPS) is 8.80. The van der Waals surface area contributed by atoms with Crippen molar-refractivity contribution >= 4 is 0 Å². The summed E-state index contributed by atoms with van der Waals surface area (Å²) in [5, 5.41) is 16.1. The summed E-state index contributed by atoms with van der Waals surface area (Å²) in [5.41, 5.74) is 0. The van der Waals surface area contributed by atoms with Crippen molar-refractivity contribution < 1.29 is 10.2 Å². The number of hydrogen-bond acceptors (Lipinski definition) is 2. The number of rotatable bonds is 5. The second kappa shape index (κ2) is 23.6. The predicted octanol–water partition coefficient (Wildman–Crippen LogP) is 3.75. The summed E-state index contributed by atoms with van der Waals surface area (Å²) in [5.74, 6) is 0. The van der Waals surface area contributed by atoms with Crippen LogP contribution in [0.2, 0.25) is 0 Å². The van der Waals surface area contributed by atoms with Gasteiger partial charge in [0.05, 0.1) is 0 Å². The highest BCUT2D eigenvalue weighted by atomic mass is 16.3. The second-order valence-electron chi connectivity index (χ2n) is 3.88. The molecule has 0 saturated carbocycles. The summed E-state index contributed by atoms with van der Waals surface area (Å²) >= 11 is 0. The van der Waals surface area contributed by atoms with Crippen molar-refractivity contribution in [2.75, 3.05) is 6.61 Å². The van der Waals surface area contributed by atoms with Gasteiger partial charge in [0, 0.05) is 12.7 Å². The van der Waals surface area contributed by atoms with E-state index in [0.29, 0.717) is 6.61 Å². The Kier molecular flexibility index (Phi) is 32.0. The molecule has 0 aromatic rings. The van der Waals surface area contributed by atoms with E-state index in [4.69, 9.17) is 10.2 Å². The van der Waals surface area contributed by atoms with Crippen molar-refractivity contribution in [1.29, 1.82) is 0 Å². The third kappa shape index (κ3) is 81.7. The lowest BCUT2D eigenvalue weighted by Gasteiger charge is -1.86. The van der Waals surface area contributed by atoms with Crippen molar-refractivity contribution in [2.45, 2.75) is 79.2 Å². The zero-order chi connectivity index (χ0) is 12.5. The number of aliphatic hydroxyl groups is 2. The molecule has 0 saturated heterocycles. The summed E-state index contributed by atoms with van der Waals surface area (Å²) in [7, 11) is 0. The molecule has 0 heterocycles. The molecule has 15 heavy (non-hydrogen) atoms. The SMILES string of the molecule is CC(C)O.CCCCCC.CCCCO. The summed E-state index contributed by atoms with van der Waals surface area (Å²) in [6, 6.07) is 0. The summed E-state index contributed by atoms with van der Waals surface area (Å²) in [6.45, 7) is 10.3. The number of aliphatic hydroxyl groups excluding tert-OH is 2. The van der Waals surface area contributed by atoms with Crippen LogP contribution in [0.1, 0.15) is 73.1 Å². The van der Waals surface area contributed by atoms with Gasteiger partial charge >= 0.3 is 0 Å². The van der Waals surface area contributed by atoms with E-state index in [1.165, 1.54) is 25.7 Å². The molecule has 2 heteroatoms. The van der Waals surface area contributed by atoms with E-state index >= 15 is 0 Å². The van der Waals surface area contributed by atoms with Gasteiger partial charge in [-0.3, -0.25) is 0 Å². The Morgan fingerprint density at radius 1 is 0.800 bits per heavy atom. The first-order valence-electron chi connectivity index (χ1n) is 6.35. The van der Waals surface area contributed by atoms with Gasteiger partial charge in [-0.25, -0.2) is 0 Å². The second-order valence-corrected chi connectivity index (χ2v) is 3.88. The van der Waals surface area contributed by atoms with Crippen molar-refractivity contribution in [3.8, 4) is 0 Å². The molecule has 0 aliphatic carbocycles. The van der Waals surface area contributed by atoms with Crippen LogP contribution in [0.5, 0.6) is 0 Å². The quantitative estimate of drug-likeness (QED) is 0.693. The molecule has 0 aromatic heterocycles. The van der Waals surface area contributed by atoms with Crippen molar-refractivity contribution in [2.24, 2.45) is 0 Å². The maximum Gasteiger partial charge on any atom is 0.0483 e. The predicted molar refractivity (Wildman–Crippen MR) is 69.2 cm³/mol. The molecular weight excluding hydrogens is 188 g/mol. The van der Waals surface area contributed by atoms with Crippen LogP contribution in [0.25, 0.3) is 0 Å². The van der Waals surface area contributed by atoms with Crippen LogP contribution in [-0.2, 0) is 0 Å². The third-order valence-electron chi connectivity index (χ3n) is 1.47. The van der Waals surface area contributed by atoms with Crippen LogP contribution in [0.15, 0.2) is 0 Å². The standard InChI is InChI=1S/C6H14.C4H10O.C3H8O/c1-3-5-6-4-2;1-2-3-4-5;1-3(2)4/h3-6H2,1-2H3;5H,2-4H2,1H3;3-4H,1-2H3. The van der Waals surface area contributed by atoms with Gasteiger partial charge in [0.2, 0.25) is 0 Å². The van der Waals surface area contributed by atoms with Crippen LogP contribution in [-0.4, -0.2) is 22.9 Å². The van der Waals surface area contributed by atoms with Crippen LogP contribution in [0.3, 0.4) is 0 Å². The van der Waals surface area contributed by atoms with Crippen molar-refractivity contribution in [1.82, 2.24) is 0 Å². The highest BCUT2D eigenvalue weighted by Crippen LogP contribution is 1.95. The molecule has 2 N–H and O–H groups in total. The van der Waals surface area contributed by atoms with Gasteiger partial charge in [0.25, 0.3) is 0 Å². The van der Waals surface area contributed by atoms with Gasteiger partial charge in [-0.15, -0.1) is 0 Å². The Labute approximate surface area is 96.7 Å². The molecule has 0 fully saturated rings. The summed E-state index contributed by atoms with van der Waals surface area (Å²) in [4.78, 5) is 0. The Morgan fingerprint density at radius 2 is 1.07 bits per heavy atom.